The van der Waals surface area contributed by atoms with Crippen molar-refractivity contribution >= 4 is 5.97 Å². The summed E-state index contributed by atoms with van der Waals surface area (Å²) >= 11 is 0. The topological polar surface area (TPSA) is 43.4 Å². The van der Waals surface area contributed by atoms with Crippen molar-refractivity contribution in [1.82, 2.24) is 4.90 Å². The number of hydrogen-bond acceptors (Lipinski definition) is 3. The average Bonchev–Trinajstić information content (AvgIpc) is 3.15. The van der Waals surface area contributed by atoms with Gasteiger partial charge >= 0.3 is 18.9 Å². The second-order valence-corrected chi connectivity index (χ2v) is 17.5. The summed E-state index contributed by atoms with van der Waals surface area (Å²) in [6.45, 7) is 7.81. The normalized spacial score (nSPS) is 11.5. The number of rotatable bonds is 48. The molecule has 0 unspecified atom stereocenters. The summed E-state index contributed by atoms with van der Waals surface area (Å²) < 4.78 is 0. The number of aliphatic carboxylic acids is 1. The Morgan fingerprint density at radius 2 is 0.463 bits per heavy atom. The number of carbonyl (C=O) groups is 1. The molecule has 0 heterocycles. The average molecular weight is 754 g/mol. The second kappa shape index (κ2) is 51.0. The summed E-state index contributed by atoms with van der Waals surface area (Å²) in [5.74, 6) is -0.895. The van der Waals surface area contributed by atoms with Gasteiger partial charge in [-0.25, -0.2) is 0 Å². The van der Waals surface area contributed by atoms with E-state index in [0.717, 1.165) is 26.1 Å². The summed E-state index contributed by atoms with van der Waals surface area (Å²) in [4.78, 5) is 13.5. The van der Waals surface area contributed by atoms with Gasteiger partial charge < -0.3 is 14.8 Å². The Balaban J connectivity index is 0. The van der Waals surface area contributed by atoms with Crippen molar-refractivity contribution in [2.24, 2.45) is 0 Å². The molecule has 0 bridgehead atoms. The van der Waals surface area contributed by atoms with Crippen LogP contribution in [0.1, 0.15) is 296 Å². The van der Waals surface area contributed by atoms with E-state index in [9.17, 15) is 9.90 Å². The maximum Gasteiger partial charge on any atom is 1.00 e. The zero-order valence-electron chi connectivity index (χ0n) is 38.0. The van der Waals surface area contributed by atoms with Gasteiger partial charge in [-0.1, -0.05) is 271 Å². The standard InChI is InChI=1S/C50H101NO2.Li/c1-3-5-7-9-11-13-15-17-19-21-23-25-27-29-31-33-35-37-39-41-43-47-51(49-45-46-50(52)53)48-44-42-40-38-36-34-32-30-28-26-24-22-20-18-16-14-12-10-8-6-4-2;/h3-49H2,1-2H3,(H,52,53);/q;+1/p-1. The summed E-state index contributed by atoms with van der Waals surface area (Å²) in [5.41, 5.74) is 0. The fraction of sp³-hybridized carbons (Fsp3) is 0.980. The van der Waals surface area contributed by atoms with Crippen LogP contribution in [0, 0.1) is 0 Å². The third kappa shape index (κ3) is 50.0. The molecule has 0 radical (unpaired) electrons. The van der Waals surface area contributed by atoms with Crippen LogP contribution in [0.4, 0.5) is 0 Å². The Hall–Kier alpha value is 0.0274. The van der Waals surface area contributed by atoms with Crippen molar-refractivity contribution in [2.45, 2.75) is 296 Å². The summed E-state index contributed by atoms with van der Waals surface area (Å²) in [7, 11) is 0. The number of carbonyl (C=O) groups excluding carboxylic acids is 1. The van der Waals surface area contributed by atoms with E-state index in [2.05, 4.69) is 18.7 Å². The van der Waals surface area contributed by atoms with Crippen molar-refractivity contribution in [3.63, 3.8) is 0 Å². The third-order valence-corrected chi connectivity index (χ3v) is 12.0. The molecule has 0 aromatic rings. The van der Waals surface area contributed by atoms with Crippen molar-refractivity contribution in [3.05, 3.63) is 0 Å². The van der Waals surface area contributed by atoms with Crippen molar-refractivity contribution in [1.29, 1.82) is 0 Å². The molecule has 54 heavy (non-hydrogen) atoms. The molecule has 0 amide bonds. The van der Waals surface area contributed by atoms with Gasteiger partial charge in [-0.05, 0) is 45.3 Å². The molecule has 0 saturated carbocycles. The monoisotopic (exact) mass is 754 g/mol. The molecule has 0 aromatic heterocycles. The van der Waals surface area contributed by atoms with E-state index in [1.54, 1.807) is 0 Å². The van der Waals surface area contributed by atoms with Crippen LogP contribution in [0.3, 0.4) is 0 Å². The van der Waals surface area contributed by atoms with Crippen LogP contribution in [0.25, 0.3) is 0 Å². The Morgan fingerprint density at radius 3 is 0.648 bits per heavy atom. The van der Waals surface area contributed by atoms with Crippen LogP contribution < -0.4 is 24.0 Å². The maximum absolute atomic E-state index is 11.0. The second-order valence-electron chi connectivity index (χ2n) is 17.5. The van der Waals surface area contributed by atoms with E-state index >= 15 is 0 Å². The van der Waals surface area contributed by atoms with Gasteiger partial charge in [0.15, 0.2) is 0 Å². The molecule has 0 saturated heterocycles. The molecule has 0 rings (SSSR count). The van der Waals surface area contributed by atoms with Crippen LogP contribution in [-0.4, -0.2) is 30.5 Å². The van der Waals surface area contributed by atoms with Crippen molar-refractivity contribution in [2.75, 3.05) is 19.6 Å². The zero-order valence-corrected chi connectivity index (χ0v) is 38.0. The Bertz CT molecular complexity index is 627. The van der Waals surface area contributed by atoms with E-state index in [-0.39, 0.29) is 25.3 Å². The molecule has 0 aromatic carbocycles. The molecule has 0 fully saturated rings. The first-order chi connectivity index (χ1) is 26.2. The molecule has 4 heteroatoms. The quantitative estimate of drug-likeness (QED) is 0.0459. The SMILES string of the molecule is CCCCCCCCCCCCCCCCCCCCCCCN(CCCCCCCCCCCCCCCCCCCCCCC)CCCC(=O)[O-].[Li+]. The van der Waals surface area contributed by atoms with E-state index in [1.807, 2.05) is 0 Å². The van der Waals surface area contributed by atoms with Gasteiger partial charge in [0.1, 0.15) is 0 Å². The first-order valence-corrected chi connectivity index (χ1v) is 25.1. The van der Waals surface area contributed by atoms with E-state index in [1.165, 1.54) is 270 Å². The molecular formula is C50H100LiNO2. The molecule has 0 aliphatic heterocycles. The predicted molar refractivity (Wildman–Crippen MR) is 236 cm³/mol. The van der Waals surface area contributed by atoms with E-state index in [4.69, 9.17) is 0 Å². The number of carboxylic acid groups (broad SMARTS) is 1. The molecule has 0 spiro atoms. The number of nitrogens with zero attached hydrogens (tertiary/aromatic N) is 1. The summed E-state index contributed by atoms with van der Waals surface area (Å²) in [6.07, 6.45) is 60.8. The molecule has 0 aliphatic rings. The van der Waals surface area contributed by atoms with Gasteiger partial charge in [0.25, 0.3) is 0 Å². The smallest absolute Gasteiger partial charge is 0.550 e. The Labute approximate surface area is 354 Å². The van der Waals surface area contributed by atoms with Crippen LogP contribution in [0.15, 0.2) is 0 Å². The van der Waals surface area contributed by atoms with Gasteiger partial charge in [0, 0.05) is 5.97 Å². The molecule has 0 N–H and O–H groups in total. The van der Waals surface area contributed by atoms with E-state index in [0.29, 0.717) is 0 Å². The molecule has 0 atom stereocenters. The van der Waals surface area contributed by atoms with Crippen LogP contribution in [0.2, 0.25) is 0 Å². The third-order valence-electron chi connectivity index (χ3n) is 12.0. The van der Waals surface area contributed by atoms with Crippen molar-refractivity contribution < 1.29 is 28.8 Å². The fourth-order valence-corrected chi connectivity index (χ4v) is 8.32. The van der Waals surface area contributed by atoms with Crippen molar-refractivity contribution in [3.8, 4) is 0 Å². The van der Waals surface area contributed by atoms with Gasteiger partial charge in [-0.2, -0.15) is 0 Å². The van der Waals surface area contributed by atoms with Gasteiger partial charge in [-0.15, -0.1) is 0 Å². The minimum Gasteiger partial charge on any atom is -0.550 e. The maximum atomic E-state index is 11.0. The first-order valence-electron chi connectivity index (χ1n) is 25.1. The molecule has 0 aliphatic carbocycles. The predicted octanol–water partition coefficient (Wildman–Crippen LogP) is 13.2. The number of carboxylic acids is 1. The molecule has 318 valence electrons. The summed E-state index contributed by atoms with van der Waals surface area (Å²) in [5, 5.41) is 11.0. The number of hydrogen-bond donors (Lipinski definition) is 0. The Kier molecular flexibility index (Phi) is 53.1. The fourth-order valence-electron chi connectivity index (χ4n) is 8.32. The minimum atomic E-state index is -0.895. The number of unbranched alkanes of at least 4 members (excludes halogenated alkanes) is 40. The minimum absolute atomic E-state index is 0. The summed E-state index contributed by atoms with van der Waals surface area (Å²) in [6, 6.07) is 0. The zero-order chi connectivity index (χ0) is 38.4. The largest absolute Gasteiger partial charge is 1.00 e. The molecular weight excluding hydrogens is 653 g/mol. The van der Waals surface area contributed by atoms with Gasteiger partial charge in [0.2, 0.25) is 0 Å². The van der Waals surface area contributed by atoms with Crippen LogP contribution in [0.5, 0.6) is 0 Å². The van der Waals surface area contributed by atoms with Crippen LogP contribution >= 0.6 is 0 Å². The van der Waals surface area contributed by atoms with Crippen LogP contribution in [-0.2, 0) is 4.79 Å². The Morgan fingerprint density at radius 1 is 0.296 bits per heavy atom. The van der Waals surface area contributed by atoms with Gasteiger partial charge in [-0.3, -0.25) is 0 Å². The first kappa shape index (κ1) is 56.1. The molecule has 3 nitrogen and oxygen atoms in total. The van der Waals surface area contributed by atoms with Gasteiger partial charge in [0.05, 0.1) is 0 Å². The van der Waals surface area contributed by atoms with E-state index < -0.39 is 5.97 Å².